The lowest BCUT2D eigenvalue weighted by Gasteiger charge is -2.63. The summed E-state index contributed by atoms with van der Waals surface area (Å²) in [7, 11) is 0. The van der Waals surface area contributed by atoms with E-state index in [0.717, 1.165) is 84.4 Å². The van der Waals surface area contributed by atoms with Crippen molar-refractivity contribution in [2.75, 3.05) is 39.5 Å². The molecule has 7 aliphatic rings. The van der Waals surface area contributed by atoms with Gasteiger partial charge >= 0.3 is 0 Å². The number of ether oxygens (including phenoxy) is 2. The van der Waals surface area contributed by atoms with Crippen molar-refractivity contribution in [1.29, 1.82) is 5.26 Å². The summed E-state index contributed by atoms with van der Waals surface area (Å²) in [5, 5.41) is 9.57. The van der Waals surface area contributed by atoms with Gasteiger partial charge in [0.05, 0.1) is 37.5 Å². The number of fused-ring (bicyclic) bond motifs is 1. The first kappa shape index (κ1) is 20.4. The fourth-order valence-corrected chi connectivity index (χ4v) is 8.31. The van der Waals surface area contributed by atoms with Gasteiger partial charge in [-0.25, -0.2) is 0 Å². The number of amides is 1. The normalized spacial score (nSPS) is 46.6. The molecule has 6 atom stereocenters. The van der Waals surface area contributed by atoms with E-state index in [0.29, 0.717) is 17.8 Å². The highest BCUT2D eigenvalue weighted by Gasteiger charge is 2.63. The second-order valence-electron chi connectivity index (χ2n) is 11.5. The van der Waals surface area contributed by atoms with Gasteiger partial charge in [0.1, 0.15) is 6.04 Å². The van der Waals surface area contributed by atoms with Crippen molar-refractivity contribution >= 4 is 5.91 Å². The highest BCUT2D eigenvalue weighted by Crippen LogP contribution is 2.64. The van der Waals surface area contributed by atoms with E-state index < -0.39 is 6.04 Å². The smallest absolute Gasteiger partial charge is 0.241 e. The Hall–Kier alpha value is -1.20. The monoisotopic (exact) mass is 428 g/mol. The van der Waals surface area contributed by atoms with Crippen LogP contribution >= 0.6 is 0 Å². The van der Waals surface area contributed by atoms with Crippen molar-refractivity contribution in [2.24, 2.45) is 28.9 Å². The second-order valence-corrected chi connectivity index (χ2v) is 11.5. The molecule has 1 amide bonds. The van der Waals surface area contributed by atoms with Crippen LogP contribution < -0.4 is 5.73 Å². The summed E-state index contributed by atoms with van der Waals surface area (Å²) in [5.41, 5.74) is 6.57. The fourth-order valence-electron chi connectivity index (χ4n) is 8.31. The van der Waals surface area contributed by atoms with Crippen LogP contribution in [0, 0.1) is 34.5 Å². The lowest BCUT2D eigenvalue weighted by Crippen LogP contribution is -2.65. The molecule has 7 fully saturated rings. The highest BCUT2D eigenvalue weighted by molar-refractivity contribution is 5.84. The number of nitriles is 1. The zero-order valence-corrected chi connectivity index (χ0v) is 18.5. The number of carbonyl (C=O) groups is 1. The Morgan fingerprint density at radius 2 is 1.90 bits per heavy atom. The largest absolute Gasteiger partial charge is 0.379 e. The van der Waals surface area contributed by atoms with Crippen molar-refractivity contribution in [3.8, 4) is 6.07 Å². The molecule has 2 heterocycles. The molecular weight excluding hydrogens is 392 g/mol. The maximum Gasteiger partial charge on any atom is 0.241 e. The van der Waals surface area contributed by atoms with Crippen molar-refractivity contribution < 1.29 is 14.3 Å². The van der Waals surface area contributed by atoms with Crippen molar-refractivity contribution in [2.45, 2.75) is 75.1 Å². The summed E-state index contributed by atoms with van der Waals surface area (Å²) in [5.74, 6) is 1.83. The van der Waals surface area contributed by atoms with Gasteiger partial charge in [-0.05, 0) is 74.5 Å². The number of likely N-dealkylation sites (tertiary alicyclic amines) is 1. The van der Waals surface area contributed by atoms with Gasteiger partial charge in [-0.2, -0.15) is 5.26 Å². The molecule has 2 N–H and O–H groups in total. The molecule has 6 unspecified atom stereocenters. The predicted octanol–water partition coefficient (Wildman–Crippen LogP) is 1.51. The van der Waals surface area contributed by atoms with Crippen LogP contribution in [-0.4, -0.2) is 78.9 Å². The van der Waals surface area contributed by atoms with Crippen molar-refractivity contribution in [1.82, 2.24) is 9.80 Å². The third-order valence-corrected chi connectivity index (χ3v) is 9.41. The number of rotatable bonds is 6. The number of hydrogen-bond acceptors (Lipinski definition) is 6. The first-order valence-electron chi connectivity index (χ1n) is 12.4. The van der Waals surface area contributed by atoms with Gasteiger partial charge in [-0.3, -0.25) is 9.69 Å². The minimum Gasteiger partial charge on any atom is -0.379 e. The van der Waals surface area contributed by atoms with E-state index >= 15 is 0 Å². The topological polar surface area (TPSA) is 91.8 Å². The summed E-state index contributed by atoms with van der Waals surface area (Å²) in [4.78, 5) is 17.9. The summed E-state index contributed by atoms with van der Waals surface area (Å²) in [6, 6.07) is 1.88. The quantitative estimate of drug-likeness (QED) is 0.690. The van der Waals surface area contributed by atoms with Gasteiger partial charge in [0.25, 0.3) is 0 Å². The van der Waals surface area contributed by atoms with Crippen LogP contribution in [0.15, 0.2) is 0 Å². The van der Waals surface area contributed by atoms with Crippen LogP contribution in [0.3, 0.4) is 0 Å². The Kier molecular flexibility index (Phi) is 4.88. The SMILES string of the molecule is N#CC1CC2CC2N1C(=O)C(N)C12CC3CC(CC(OCCN4CCOCC4)(C3)C1)C2. The molecule has 2 saturated heterocycles. The molecule has 2 aliphatic heterocycles. The molecule has 7 rings (SSSR count). The van der Waals surface area contributed by atoms with Gasteiger partial charge in [0.2, 0.25) is 5.91 Å². The van der Waals surface area contributed by atoms with Gasteiger partial charge in [0.15, 0.2) is 0 Å². The molecule has 0 spiro atoms. The van der Waals surface area contributed by atoms with E-state index in [-0.39, 0.29) is 29.0 Å². The lowest BCUT2D eigenvalue weighted by atomic mass is 9.46. The zero-order chi connectivity index (χ0) is 21.2. The fraction of sp³-hybridized carbons (Fsp3) is 0.917. The molecule has 7 heteroatoms. The minimum absolute atomic E-state index is 0.0435. The molecule has 5 aliphatic carbocycles. The standard InChI is InChI=1S/C24H36N4O3/c25-14-19-8-18-9-20(18)28(19)22(29)21(26)23-10-16-7-17(11-23)13-24(12-16,15-23)31-6-3-27-1-4-30-5-2-27/h16-21H,1-13,15,26H2. The summed E-state index contributed by atoms with van der Waals surface area (Å²) in [6.07, 6.45) is 8.47. The molecule has 31 heavy (non-hydrogen) atoms. The first-order valence-corrected chi connectivity index (χ1v) is 12.4. The Morgan fingerprint density at radius 3 is 2.61 bits per heavy atom. The number of carbonyl (C=O) groups excluding carboxylic acids is 1. The zero-order valence-electron chi connectivity index (χ0n) is 18.5. The van der Waals surface area contributed by atoms with Crippen LogP contribution in [0.1, 0.15) is 51.4 Å². The Labute approximate surface area is 185 Å². The third kappa shape index (κ3) is 3.42. The highest BCUT2D eigenvalue weighted by atomic mass is 16.5. The number of nitrogens with two attached hydrogens (primary N) is 1. The van der Waals surface area contributed by atoms with Crippen molar-refractivity contribution in [3.05, 3.63) is 0 Å². The number of morpholine rings is 1. The summed E-state index contributed by atoms with van der Waals surface area (Å²) in [6.45, 7) is 5.32. The van der Waals surface area contributed by atoms with E-state index in [9.17, 15) is 10.1 Å². The van der Waals surface area contributed by atoms with Gasteiger partial charge < -0.3 is 20.1 Å². The van der Waals surface area contributed by atoms with Gasteiger partial charge in [-0.1, -0.05) is 0 Å². The molecule has 7 nitrogen and oxygen atoms in total. The predicted molar refractivity (Wildman–Crippen MR) is 114 cm³/mol. The van der Waals surface area contributed by atoms with E-state index in [2.05, 4.69) is 11.0 Å². The van der Waals surface area contributed by atoms with E-state index in [4.69, 9.17) is 15.2 Å². The number of hydrogen-bond donors (Lipinski definition) is 1. The summed E-state index contributed by atoms with van der Waals surface area (Å²) < 4.78 is 12.1. The van der Waals surface area contributed by atoms with Crippen LogP contribution in [0.5, 0.6) is 0 Å². The molecule has 170 valence electrons. The lowest BCUT2D eigenvalue weighted by molar-refractivity contribution is -0.202. The van der Waals surface area contributed by atoms with Crippen LogP contribution in [0.4, 0.5) is 0 Å². The molecule has 0 radical (unpaired) electrons. The van der Waals surface area contributed by atoms with E-state index in [1.54, 1.807) is 0 Å². The average Bonchev–Trinajstić information content (AvgIpc) is 3.42. The van der Waals surface area contributed by atoms with Gasteiger partial charge in [0, 0.05) is 25.7 Å². The first-order chi connectivity index (χ1) is 15.0. The summed E-state index contributed by atoms with van der Waals surface area (Å²) >= 11 is 0. The Bertz CT molecular complexity index is 761. The van der Waals surface area contributed by atoms with Crippen LogP contribution in [0.2, 0.25) is 0 Å². The molecule has 5 saturated carbocycles. The van der Waals surface area contributed by atoms with Crippen LogP contribution in [0.25, 0.3) is 0 Å². The van der Waals surface area contributed by atoms with Crippen molar-refractivity contribution in [3.63, 3.8) is 0 Å². The molecule has 0 aromatic rings. The molecular formula is C24H36N4O3. The minimum atomic E-state index is -0.490. The van der Waals surface area contributed by atoms with E-state index in [1.165, 1.54) is 6.42 Å². The average molecular weight is 429 g/mol. The molecule has 0 aromatic carbocycles. The maximum absolute atomic E-state index is 13.6. The Balaban J connectivity index is 1.16. The maximum atomic E-state index is 13.6. The Morgan fingerprint density at radius 1 is 1.16 bits per heavy atom. The van der Waals surface area contributed by atoms with Gasteiger partial charge in [-0.15, -0.1) is 0 Å². The number of piperidine rings is 1. The molecule has 0 aromatic heterocycles. The molecule has 4 bridgehead atoms. The second kappa shape index (κ2) is 7.41. The van der Waals surface area contributed by atoms with E-state index in [1.807, 2.05) is 4.90 Å². The number of nitrogens with zero attached hydrogens (tertiary/aromatic N) is 3. The van der Waals surface area contributed by atoms with Crippen LogP contribution in [-0.2, 0) is 14.3 Å². The third-order valence-electron chi connectivity index (χ3n) is 9.41.